The predicted octanol–water partition coefficient (Wildman–Crippen LogP) is 2.36. The molecule has 0 unspecified atom stereocenters. The molecule has 0 atom stereocenters. The number of methoxy groups -OCH3 is 1. The molecule has 0 spiro atoms. The Labute approximate surface area is 163 Å². The number of amides is 2. The molecule has 2 aromatic rings. The van der Waals surface area contributed by atoms with Gasteiger partial charge in [-0.3, -0.25) is 9.59 Å². The SMILES string of the molecule is COC1(C(=O)Nc2ccc(NC(=O)c3cnoc3C)cc2)CCNCC1.Cl. The van der Waals surface area contributed by atoms with Crippen molar-refractivity contribution in [1.29, 1.82) is 0 Å². The van der Waals surface area contributed by atoms with Gasteiger partial charge in [0.05, 0.1) is 6.20 Å². The van der Waals surface area contributed by atoms with E-state index in [1.807, 2.05) is 0 Å². The molecule has 8 nitrogen and oxygen atoms in total. The summed E-state index contributed by atoms with van der Waals surface area (Å²) in [6.45, 7) is 3.16. The van der Waals surface area contributed by atoms with Crippen molar-refractivity contribution in [3.8, 4) is 0 Å². The molecule has 146 valence electrons. The summed E-state index contributed by atoms with van der Waals surface area (Å²) in [6, 6.07) is 6.91. The first kappa shape index (κ1) is 20.9. The van der Waals surface area contributed by atoms with Crippen molar-refractivity contribution in [3.05, 3.63) is 41.8 Å². The highest BCUT2D eigenvalue weighted by Crippen LogP contribution is 2.25. The zero-order valence-electron chi connectivity index (χ0n) is 15.2. The summed E-state index contributed by atoms with van der Waals surface area (Å²) in [4.78, 5) is 24.8. The van der Waals surface area contributed by atoms with Crippen molar-refractivity contribution >= 4 is 35.6 Å². The molecule has 2 heterocycles. The van der Waals surface area contributed by atoms with E-state index in [1.54, 1.807) is 38.3 Å². The maximum absolute atomic E-state index is 12.6. The van der Waals surface area contributed by atoms with Gasteiger partial charge in [0.25, 0.3) is 11.8 Å². The van der Waals surface area contributed by atoms with Gasteiger partial charge in [0, 0.05) is 18.5 Å². The lowest BCUT2D eigenvalue weighted by molar-refractivity contribution is -0.140. The number of piperidine rings is 1. The van der Waals surface area contributed by atoms with Crippen LogP contribution in [-0.4, -0.2) is 42.8 Å². The third-order valence-electron chi connectivity index (χ3n) is 4.61. The second kappa shape index (κ2) is 8.98. The summed E-state index contributed by atoms with van der Waals surface area (Å²) in [7, 11) is 1.57. The largest absolute Gasteiger partial charge is 0.368 e. The molecule has 0 aliphatic carbocycles. The van der Waals surface area contributed by atoms with Crippen LogP contribution in [0.5, 0.6) is 0 Å². The van der Waals surface area contributed by atoms with Crippen LogP contribution in [0.3, 0.4) is 0 Å². The predicted molar refractivity (Wildman–Crippen MR) is 103 cm³/mol. The second-order valence-corrected chi connectivity index (χ2v) is 6.23. The van der Waals surface area contributed by atoms with Crippen LogP contribution in [0, 0.1) is 6.92 Å². The minimum absolute atomic E-state index is 0. The molecule has 0 saturated carbocycles. The van der Waals surface area contributed by atoms with E-state index in [9.17, 15) is 9.59 Å². The van der Waals surface area contributed by atoms with Crippen LogP contribution < -0.4 is 16.0 Å². The molecule has 1 aromatic heterocycles. The van der Waals surface area contributed by atoms with Crippen molar-refractivity contribution in [1.82, 2.24) is 10.5 Å². The van der Waals surface area contributed by atoms with Crippen molar-refractivity contribution in [3.63, 3.8) is 0 Å². The van der Waals surface area contributed by atoms with E-state index in [0.29, 0.717) is 35.5 Å². The highest BCUT2D eigenvalue weighted by atomic mass is 35.5. The summed E-state index contributed by atoms with van der Waals surface area (Å²) in [6.07, 6.45) is 2.63. The van der Waals surface area contributed by atoms with Crippen LogP contribution in [0.15, 0.2) is 35.0 Å². The lowest BCUT2D eigenvalue weighted by Gasteiger charge is -2.34. The number of anilines is 2. The molecule has 0 radical (unpaired) electrons. The van der Waals surface area contributed by atoms with Gasteiger partial charge in [0.15, 0.2) is 0 Å². The zero-order chi connectivity index (χ0) is 18.6. The van der Waals surface area contributed by atoms with Gasteiger partial charge in [-0.05, 0) is 57.1 Å². The Bertz CT molecular complexity index is 785. The number of ether oxygens (including phenoxy) is 1. The summed E-state index contributed by atoms with van der Waals surface area (Å²) in [5.74, 6) is 0.00479. The van der Waals surface area contributed by atoms with Gasteiger partial charge in [-0.15, -0.1) is 12.4 Å². The van der Waals surface area contributed by atoms with E-state index >= 15 is 0 Å². The van der Waals surface area contributed by atoms with Crippen LogP contribution in [0.4, 0.5) is 11.4 Å². The van der Waals surface area contributed by atoms with Gasteiger partial charge >= 0.3 is 0 Å². The third-order valence-corrected chi connectivity index (χ3v) is 4.61. The number of rotatable bonds is 5. The van der Waals surface area contributed by atoms with Crippen LogP contribution >= 0.6 is 12.4 Å². The van der Waals surface area contributed by atoms with E-state index in [1.165, 1.54) is 6.20 Å². The van der Waals surface area contributed by atoms with Gasteiger partial charge in [0.2, 0.25) is 0 Å². The molecule has 1 saturated heterocycles. The van der Waals surface area contributed by atoms with Gasteiger partial charge in [0.1, 0.15) is 16.9 Å². The molecule has 27 heavy (non-hydrogen) atoms. The topological polar surface area (TPSA) is 105 Å². The Hall–Kier alpha value is -2.42. The molecule has 3 rings (SSSR count). The molecule has 1 aliphatic heterocycles. The van der Waals surface area contributed by atoms with Crippen molar-refractivity contribution in [2.24, 2.45) is 0 Å². The number of hydrogen-bond acceptors (Lipinski definition) is 6. The minimum Gasteiger partial charge on any atom is -0.368 e. The number of aromatic nitrogens is 1. The quantitative estimate of drug-likeness (QED) is 0.719. The molecule has 2 amide bonds. The van der Waals surface area contributed by atoms with Gasteiger partial charge in [-0.2, -0.15) is 0 Å². The zero-order valence-corrected chi connectivity index (χ0v) is 16.0. The molecule has 0 bridgehead atoms. The van der Waals surface area contributed by atoms with Crippen LogP contribution in [0.1, 0.15) is 29.0 Å². The first-order valence-corrected chi connectivity index (χ1v) is 8.44. The highest BCUT2D eigenvalue weighted by molar-refractivity contribution is 6.05. The molecular weight excluding hydrogens is 372 g/mol. The van der Waals surface area contributed by atoms with E-state index in [-0.39, 0.29) is 24.2 Å². The van der Waals surface area contributed by atoms with Gasteiger partial charge in [-0.25, -0.2) is 0 Å². The van der Waals surface area contributed by atoms with E-state index in [4.69, 9.17) is 9.26 Å². The normalized spacial score (nSPS) is 15.5. The number of halogens is 1. The average molecular weight is 395 g/mol. The van der Waals surface area contributed by atoms with E-state index < -0.39 is 5.60 Å². The minimum atomic E-state index is -0.802. The average Bonchev–Trinajstić information content (AvgIpc) is 3.10. The van der Waals surface area contributed by atoms with Crippen LogP contribution in [0.25, 0.3) is 0 Å². The Balaban J connectivity index is 0.00000261. The number of nitrogens with one attached hydrogen (secondary N) is 3. The summed E-state index contributed by atoms with van der Waals surface area (Å²) < 4.78 is 10.4. The standard InChI is InChI=1S/C18H22N4O4.ClH/c1-12-15(11-20-26-12)16(23)21-13-3-5-14(6-4-13)22-17(24)18(25-2)7-9-19-10-8-18;/h3-6,11,19H,7-10H2,1-2H3,(H,21,23)(H,22,24);1H. The fraction of sp³-hybridized carbons (Fsp3) is 0.389. The van der Waals surface area contributed by atoms with Crippen LogP contribution in [0.2, 0.25) is 0 Å². The number of benzene rings is 1. The van der Waals surface area contributed by atoms with Crippen molar-refractivity contribution < 1.29 is 18.8 Å². The molecule has 1 fully saturated rings. The third kappa shape index (κ3) is 4.65. The molecular formula is C18H23ClN4O4. The summed E-state index contributed by atoms with van der Waals surface area (Å²) in [5.41, 5.74) is 0.834. The maximum atomic E-state index is 12.6. The lowest BCUT2D eigenvalue weighted by Crippen LogP contribution is -2.51. The molecule has 3 N–H and O–H groups in total. The molecule has 1 aromatic carbocycles. The first-order chi connectivity index (χ1) is 12.5. The Morgan fingerprint density at radius 2 is 1.74 bits per heavy atom. The Kier molecular flexibility index (Phi) is 6.95. The number of hydrogen-bond donors (Lipinski definition) is 3. The summed E-state index contributed by atoms with van der Waals surface area (Å²) >= 11 is 0. The van der Waals surface area contributed by atoms with Crippen molar-refractivity contribution in [2.45, 2.75) is 25.4 Å². The van der Waals surface area contributed by atoms with E-state index in [2.05, 4.69) is 21.1 Å². The maximum Gasteiger partial charge on any atom is 0.260 e. The van der Waals surface area contributed by atoms with Gasteiger partial charge < -0.3 is 25.2 Å². The van der Waals surface area contributed by atoms with Crippen LogP contribution in [-0.2, 0) is 9.53 Å². The van der Waals surface area contributed by atoms with E-state index in [0.717, 1.165) is 13.1 Å². The fourth-order valence-corrected chi connectivity index (χ4v) is 2.95. The number of aryl methyl sites for hydroxylation is 1. The Morgan fingerprint density at radius 1 is 1.15 bits per heavy atom. The number of nitrogens with zero attached hydrogens (tertiary/aromatic N) is 1. The summed E-state index contributed by atoms with van der Waals surface area (Å²) in [5, 5.41) is 12.5. The first-order valence-electron chi connectivity index (χ1n) is 8.44. The monoisotopic (exact) mass is 394 g/mol. The lowest BCUT2D eigenvalue weighted by atomic mass is 9.91. The number of carbonyl (C=O) groups is 2. The Morgan fingerprint density at radius 3 is 2.26 bits per heavy atom. The molecule has 9 heteroatoms. The second-order valence-electron chi connectivity index (χ2n) is 6.23. The highest BCUT2D eigenvalue weighted by Gasteiger charge is 2.39. The number of carbonyl (C=O) groups excluding carboxylic acids is 2. The van der Waals surface area contributed by atoms with Gasteiger partial charge in [-0.1, -0.05) is 5.16 Å². The fourth-order valence-electron chi connectivity index (χ4n) is 2.95. The van der Waals surface area contributed by atoms with Crippen molar-refractivity contribution in [2.75, 3.05) is 30.8 Å². The molecule has 1 aliphatic rings. The smallest absolute Gasteiger partial charge is 0.260 e.